The fraction of sp³-hybridized carbons (Fsp3) is 0.786. The Morgan fingerprint density at radius 2 is 2.06 bits per heavy atom. The van der Waals surface area contributed by atoms with Crippen LogP contribution in [0.15, 0.2) is 12.3 Å². The standard InChI is InChI=1S/C14H27N3/c1-7-15-13(10-11(2)14(3,4)5)12-8-9-17(6)16-12/h8-9,11,13,15H,7,10H2,1-6H3. The highest BCUT2D eigenvalue weighted by Gasteiger charge is 2.24. The van der Waals surface area contributed by atoms with E-state index in [1.807, 2.05) is 17.9 Å². The Balaban J connectivity index is 2.73. The lowest BCUT2D eigenvalue weighted by Crippen LogP contribution is -2.27. The molecule has 0 saturated heterocycles. The van der Waals surface area contributed by atoms with E-state index in [4.69, 9.17) is 0 Å². The van der Waals surface area contributed by atoms with Crippen LogP contribution in [0.2, 0.25) is 0 Å². The first-order valence-corrected chi connectivity index (χ1v) is 6.57. The average molecular weight is 237 g/mol. The molecule has 0 fully saturated rings. The summed E-state index contributed by atoms with van der Waals surface area (Å²) in [6.07, 6.45) is 3.15. The van der Waals surface area contributed by atoms with E-state index in [1.165, 1.54) is 0 Å². The van der Waals surface area contributed by atoms with E-state index < -0.39 is 0 Å². The second-order valence-electron chi connectivity index (χ2n) is 6.03. The molecule has 1 N–H and O–H groups in total. The van der Waals surface area contributed by atoms with Crippen molar-refractivity contribution in [2.45, 2.75) is 47.1 Å². The monoisotopic (exact) mass is 237 g/mol. The van der Waals surface area contributed by atoms with Crippen molar-refractivity contribution in [1.29, 1.82) is 0 Å². The molecular formula is C14H27N3. The molecule has 0 spiro atoms. The van der Waals surface area contributed by atoms with Gasteiger partial charge < -0.3 is 5.32 Å². The topological polar surface area (TPSA) is 29.9 Å². The van der Waals surface area contributed by atoms with Gasteiger partial charge in [0.25, 0.3) is 0 Å². The molecule has 0 saturated carbocycles. The van der Waals surface area contributed by atoms with Gasteiger partial charge in [-0.05, 0) is 30.4 Å². The van der Waals surface area contributed by atoms with Gasteiger partial charge in [-0.1, -0.05) is 34.6 Å². The third kappa shape index (κ3) is 4.15. The summed E-state index contributed by atoms with van der Waals surface area (Å²) in [5.74, 6) is 0.661. The number of hydrogen-bond acceptors (Lipinski definition) is 2. The SMILES string of the molecule is CCNC(CC(C)C(C)(C)C)c1ccn(C)n1. The van der Waals surface area contributed by atoms with Crippen molar-refractivity contribution in [1.82, 2.24) is 15.1 Å². The highest BCUT2D eigenvalue weighted by atomic mass is 15.3. The fourth-order valence-corrected chi connectivity index (χ4v) is 1.88. The maximum Gasteiger partial charge on any atom is 0.0793 e. The van der Waals surface area contributed by atoms with Gasteiger partial charge >= 0.3 is 0 Å². The van der Waals surface area contributed by atoms with Crippen molar-refractivity contribution >= 4 is 0 Å². The first-order valence-electron chi connectivity index (χ1n) is 6.57. The normalized spacial score (nSPS) is 15.9. The third-order valence-electron chi connectivity index (χ3n) is 3.61. The van der Waals surface area contributed by atoms with E-state index >= 15 is 0 Å². The summed E-state index contributed by atoms with van der Waals surface area (Å²) < 4.78 is 1.88. The molecule has 0 aliphatic heterocycles. The molecule has 0 aromatic carbocycles. The quantitative estimate of drug-likeness (QED) is 0.852. The molecule has 1 aromatic rings. The van der Waals surface area contributed by atoms with Crippen LogP contribution in [-0.2, 0) is 7.05 Å². The molecule has 98 valence electrons. The van der Waals surface area contributed by atoms with E-state index in [0.29, 0.717) is 17.4 Å². The van der Waals surface area contributed by atoms with Crippen molar-refractivity contribution in [2.24, 2.45) is 18.4 Å². The second-order valence-corrected chi connectivity index (χ2v) is 6.03. The van der Waals surface area contributed by atoms with Gasteiger partial charge in [-0.3, -0.25) is 4.68 Å². The van der Waals surface area contributed by atoms with Crippen LogP contribution in [0.4, 0.5) is 0 Å². The van der Waals surface area contributed by atoms with Crippen LogP contribution < -0.4 is 5.32 Å². The summed E-state index contributed by atoms with van der Waals surface area (Å²) in [7, 11) is 1.97. The average Bonchev–Trinajstić information content (AvgIpc) is 2.62. The number of aryl methyl sites for hydroxylation is 1. The van der Waals surface area contributed by atoms with E-state index in [-0.39, 0.29) is 0 Å². The Kier molecular flexibility index (Phi) is 4.75. The molecule has 0 aliphatic carbocycles. The minimum Gasteiger partial charge on any atom is -0.309 e. The molecule has 3 nitrogen and oxygen atoms in total. The Labute approximate surface area is 106 Å². The van der Waals surface area contributed by atoms with Crippen LogP contribution in [0.5, 0.6) is 0 Å². The molecule has 0 aliphatic rings. The number of nitrogens with one attached hydrogen (secondary N) is 1. The Morgan fingerprint density at radius 3 is 2.47 bits per heavy atom. The van der Waals surface area contributed by atoms with Crippen LogP contribution >= 0.6 is 0 Å². The molecule has 1 aromatic heterocycles. The molecule has 3 heteroatoms. The predicted octanol–water partition coefficient (Wildman–Crippen LogP) is 3.14. The summed E-state index contributed by atoms with van der Waals surface area (Å²) in [6.45, 7) is 12.4. The fourth-order valence-electron chi connectivity index (χ4n) is 1.88. The molecule has 2 atom stereocenters. The molecule has 2 unspecified atom stereocenters. The molecule has 0 amide bonds. The molecule has 1 rings (SSSR count). The zero-order valence-corrected chi connectivity index (χ0v) is 12.1. The predicted molar refractivity (Wildman–Crippen MR) is 72.9 cm³/mol. The Bertz CT molecular complexity index is 335. The van der Waals surface area contributed by atoms with E-state index in [0.717, 1.165) is 18.7 Å². The minimum absolute atomic E-state index is 0.350. The van der Waals surface area contributed by atoms with Crippen LogP contribution in [0.1, 0.15) is 52.8 Å². The smallest absolute Gasteiger partial charge is 0.0793 e. The molecule has 17 heavy (non-hydrogen) atoms. The zero-order valence-electron chi connectivity index (χ0n) is 12.1. The first-order chi connectivity index (χ1) is 7.84. The lowest BCUT2D eigenvalue weighted by molar-refractivity contribution is 0.222. The van der Waals surface area contributed by atoms with Gasteiger partial charge in [0.1, 0.15) is 0 Å². The van der Waals surface area contributed by atoms with E-state index in [9.17, 15) is 0 Å². The van der Waals surface area contributed by atoms with Crippen LogP contribution in [0, 0.1) is 11.3 Å². The first kappa shape index (κ1) is 14.2. The second kappa shape index (κ2) is 5.67. The van der Waals surface area contributed by atoms with Crippen LogP contribution in [0.25, 0.3) is 0 Å². The van der Waals surface area contributed by atoms with Gasteiger partial charge in [0.05, 0.1) is 11.7 Å². The van der Waals surface area contributed by atoms with E-state index in [1.54, 1.807) is 0 Å². The van der Waals surface area contributed by atoms with Gasteiger partial charge in [-0.15, -0.1) is 0 Å². The van der Waals surface area contributed by atoms with Crippen LogP contribution in [0.3, 0.4) is 0 Å². The summed E-state index contributed by atoms with van der Waals surface area (Å²) in [5.41, 5.74) is 1.51. The van der Waals surface area contributed by atoms with Crippen molar-refractivity contribution in [2.75, 3.05) is 6.54 Å². The third-order valence-corrected chi connectivity index (χ3v) is 3.61. The zero-order chi connectivity index (χ0) is 13.1. The van der Waals surface area contributed by atoms with Gasteiger partial charge in [0, 0.05) is 13.2 Å². The molecule has 1 heterocycles. The maximum absolute atomic E-state index is 4.52. The lowest BCUT2D eigenvalue weighted by Gasteiger charge is -2.30. The van der Waals surface area contributed by atoms with Crippen molar-refractivity contribution in [3.8, 4) is 0 Å². The number of aromatic nitrogens is 2. The number of hydrogen-bond donors (Lipinski definition) is 1. The molecular weight excluding hydrogens is 210 g/mol. The summed E-state index contributed by atoms with van der Waals surface area (Å²) in [6, 6.07) is 2.48. The Morgan fingerprint density at radius 1 is 1.41 bits per heavy atom. The summed E-state index contributed by atoms with van der Waals surface area (Å²) in [5, 5.41) is 8.06. The molecule has 0 bridgehead atoms. The van der Waals surface area contributed by atoms with Crippen molar-refractivity contribution in [3.63, 3.8) is 0 Å². The minimum atomic E-state index is 0.350. The summed E-state index contributed by atoms with van der Waals surface area (Å²) in [4.78, 5) is 0. The van der Waals surface area contributed by atoms with Gasteiger partial charge in [0.15, 0.2) is 0 Å². The number of rotatable bonds is 5. The highest BCUT2D eigenvalue weighted by Crippen LogP contribution is 2.32. The Hall–Kier alpha value is -0.830. The van der Waals surface area contributed by atoms with Crippen molar-refractivity contribution in [3.05, 3.63) is 18.0 Å². The van der Waals surface area contributed by atoms with Gasteiger partial charge in [-0.25, -0.2) is 0 Å². The number of nitrogens with zero attached hydrogens (tertiary/aromatic N) is 2. The summed E-state index contributed by atoms with van der Waals surface area (Å²) >= 11 is 0. The lowest BCUT2D eigenvalue weighted by atomic mass is 9.78. The maximum atomic E-state index is 4.52. The van der Waals surface area contributed by atoms with Crippen LogP contribution in [-0.4, -0.2) is 16.3 Å². The van der Waals surface area contributed by atoms with Crippen molar-refractivity contribution < 1.29 is 0 Å². The van der Waals surface area contributed by atoms with Gasteiger partial charge in [-0.2, -0.15) is 5.10 Å². The highest BCUT2D eigenvalue weighted by molar-refractivity contribution is 5.06. The van der Waals surface area contributed by atoms with Gasteiger partial charge in [0.2, 0.25) is 0 Å². The van der Waals surface area contributed by atoms with E-state index in [2.05, 4.69) is 51.1 Å². The molecule has 0 radical (unpaired) electrons. The largest absolute Gasteiger partial charge is 0.309 e.